The minimum atomic E-state index is -0.894. The summed E-state index contributed by atoms with van der Waals surface area (Å²) in [5.74, 6) is 0.285. The summed E-state index contributed by atoms with van der Waals surface area (Å²) in [6.07, 6.45) is -0.894. The molecule has 0 heterocycles. The number of rotatable bonds is 4. The minimum Gasteiger partial charge on any atom is -0.508 e. The first-order valence-corrected chi connectivity index (χ1v) is 5.50. The molecule has 18 heavy (non-hydrogen) atoms. The van der Waals surface area contributed by atoms with Crippen molar-refractivity contribution in [3.8, 4) is 11.5 Å². The molecule has 0 aliphatic carbocycles. The van der Waals surface area contributed by atoms with Crippen molar-refractivity contribution in [3.05, 3.63) is 59.9 Å². The number of aromatic hydroxyl groups is 1. The Morgan fingerprint density at radius 2 is 1.83 bits per heavy atom. The smallest absolute Gasteiger partial charge is 0.123 e. The standard InChI is InChI=1S/C14H13FO3/c15-11-3-1-2-10(8-11)14(17)9-18-13-6-4-12(16)5-7-13/h1-8,14,16-17H,9H2. The van der Waals surface area contributed by atoms with Gasteiger partial charge in [-0.3, -0.25) is 0 Å². The lowest BCUT2D eigenvalue weighted by Gasteiger charge is -2.12. The molecule has 1 atom stereocenters. The van der Waals surface area contributed by atoms with Crippen LogP contribution in [0.4, 0.5) is 4.39 Å². The Balaban J connectivity index is 1.96. The molecule has 0 saturated heterocycles. The molecule has 2 aromatic carbocycles. The number of aliphatic hydroxyl groups excluding tert-OH is 1. The molecule has 1 unspecified atom stereocenters. The van der Waals surface area contributed by atoms with Crippen molar-refractivity contribution in [1.82, 2.24) is 0 Å². The van der Waals surface area contributed by atoms with Crippen LogP contribution in [-0.4, -0.2) is 16.8 Å². The zero-order valence-electron chi connectivity index (χ0n) is 9.58. The predicted octanol–water partition coefficient (Wildman–Crippen LogP) is 2.64. The highest BCUT2D eigenvalue weighted by atomic mass is 19.1. The Morgan fingerprint density at radius 1 is 1.11 bits per heavy atom. The van der Waals surface area contributed by atoms with Gasteiger partial charge in [0.25, 0.3) is 0 Å². The Hall–Kier alpha value is -2.07. The average Bonchev–Trinajstić information content (AvgIpc) is 2.38. The van der Waals surface area contributed by atoms with Crippen LogP contribution < -0.4 is 4.74 Å². The van der Waals surface area contributed by atoms with Gasteiger partial charge in [0, 0.05) is 0 Å². The summed E-state index contributed by atoms with van der Waals surface area (Å²) in [7, 11) is 0. The third kappa shape index (κ3) is 3.21. The summed E-state index contributed by atoms with van der Waals surface area (Å²) < 4.78 is 18.3. The third-order valence-electron chi connectivity index (χ3n) is 2.48. The summed E-state index contributed by atoms with van der Waals surface area (Å²) in [6, 6.07) is 11.9. The van der Waals surface area contributed by atoms with E-state index in [4.69, 9.17) is 9.84 Å². The van der Waals surface area contributed by atoms with Gasteiger partial charge in [0.1, 0.15) is 30.0 Å². The van der Waals surface area contributed by atoms with Crippen molar-refractivity contribution < 1.29 is 19.3 Å². The van der Waals surface area contributed by atoms with Crippen molar-refractivity contribution in [1.29, 1.82) is 0 Å². The first kappa shape index (κ1) is 12.4. The van der Waals surface area contributed by atoms with E-state index in [1.165, 1.54) is 30.3 Å². The summed E-state index contributed by atoms with van der Waals surface area (Å²) in [5, 5.41) is 18.9. The SMILES string of the molecule is Oc1ccc(OCC(O)c2cccc(F)c2)cc1. The van der Waals surface area contributed by atoms with Gasteiger partial charge in [-0.05, 0) is 42.0 Å². The average molecular weight is 248 g/mol. The van der Waals surface area contributed by atoms with Crippen LogP contribution in [0, 0.1) is 5.82 Å². The monoisotopic (exact) mass is 248 g/mol. The third-order valence-corrected chi connectivity index (χ3v) is 2.48. The number of halogens is 1. The van der Waals surface area contributed by atoms with Gasteiger partial charge in [0.15, 0.2) is 0 Å². The molecule has 0 spiro atoms. The van der Waals surface area contributed by atoms with Gasteiger partial charge in [0.05, 0.1) is 0 Å². The van der Waals surface area contributed by atoms with E-state index in [1.807, 2.05) is 0 Å². The van der Waals surface area contributed by atoms with Gasteiger partial charge in [-0.15, -0.1) is 0 Å². The van der Waals surface area contributed by atoms with Gasteiger partial charge >= 0.3 is 0 Å². The normalized spacial score (nSPS) is 12.1. The second-order valence-electron chi connectivity index (χ2n) is 3.88. The van der Waals surface area contributed by atoms with Gasteiger partial charge in [0.2, 0.25) is 0 Å². The maximum atomic E-state index is 13.0. The van der Waals surface area contributed by atoms with Gasteiger partial charge < -0.3 is 14.9 Å². The molecule has 0 aromatic heterocycles. The largest absolute Gasteiger partial charge is 0.508 e. The fraction of sp³-hybridized carbons (Fsp3) is 0.143. The van der Waals surface area contributed by atoms with E-state index in [-0.39, 0.29) is 12.4 Å². The molecule has 0 amide bonds. The number of benzene rings is 2. The minimum absolute atomic E-state index is 0.0221. The fourth-order valence-electron chi connectivity index (χ4n) is 1.53. The Kier molecular flexibility index (Phi) is 3.79. The molecule has 2 N–H and O–H groups in total. The van der Waals surface area contributed by atoms with Crippen LogP contribution in [0.2, 0.25) is 0 Å². The predicted molar refractivity (Wildman–Crippen MR) is 65.0 cm³/mol. The van der Waals surface area contributed by atoms with Crippen molar-refractivity contribution >= 4 is 0 Å². The van der Waals surface area contributed by atoms with Crippen molar-refractivity contribution in [2.45, 2.75) is 6.10 Å². The van der Waals surface area contributed by atoms with Crippen LogP contribution in [0.15, 0.2) is 48.5 Å². The first-order valence-electron chi connectivity index (χ1n) is 5.50. The zero-order valence-corrected chi connectivity index (χ0v) is 9.58. The number of ether oxygens (including phenoxy) is 1. The quantitative estimate of drug-likeness (QED) is 0.874. The fourth-order valence-corrected chi connectivity index (χ4v) is 1.53. The van der Waals surface area contributed by atoms with Gasteiger partial charge in [-0.2, -0.15) is 0 Å². The van der Waals surface area contributed by atoms with Crippen LogP contribution in [0.1, 0.15) is 11.7 Å². The van der Waals surface area contributed by atoms with Crippen LogP contribution in [0.3, 0.4) is 0 Å². The Morgan fingerprint density at radius 3 is 2.50 bits per heavy atom. The maximum absolute atomic E-state index is 13.0. The van der Waals surface area contributed by atoms with Crippen LogP contribution in [0.25, 0.3) is 0 Å². The van der Waals surface area contributed by atoms with Gasteiger partial charge in [-0.25, -0.2) is 4.39 Å². The van der Waals surface area contributed by atoms with Crippen LogP contribution in [-0.2, 0) is 0 Å². The summed E-state index contributed by atoms with van der Waals surface area (Å²) >= 11 is 0. The molecular formula is C14H13FO3. The highest BCUT2D eigenvalue weighted by Gasteiger charge is 2.09. The molecule has 3 nitrogen and oxygen atoms in total. The highest BCUT2D eigenvalue weighted by molar-refractivity contribution is 5.30. The number of phenols is 1. The Bertz CT molecular complexity index is 511. The number of aliphatic hydroxyl groups is 1. The first-order chi connectivity index (χ1) is 8.65. The Labute approximate surface area is 104 Å². The molecule has 0 aliphatic rings. The van der Waals surface area contributed by atoms with Crippen LogP contribution in [0.5, 0.6) is 11.5 Å². The summed E-state index contributed by atoms with van der Waals surface area (Å²) in [6.45, 7) is 0.0221. The van der Waals surface area contributed by atoms with Crippen molar-refractivity contribution in [2.75, 3.05) is 6.61 Å². The van der Waals surface area contributed by atoms with Crippen molar-refractivity contribution in [2.24, 2.45) is 0 Å². The second kappa shape index (κ2) is 5.51. The summed E-state index contributed by atoms with van der Waals surface area (Å²) in [4.78, 5) is 0. The molecule has 94 valence electrons. The van der Waals surface area contributed by atoms with Gasteiger partial charge in [-0.1, -0.05) is 12.1 Å². The topological polar surface area (TPSA) is 49.7 Å². The molecular weight excluding hydrogens is 235 g/mol. The lowest BCUT2D eigenvalue weighted by Crippen LogP contribution is -2.09. The van der Waals surface area contributed by atoms with E-state index in [1.54, 1.807) is 18.2 Å². The lowest BCUT2D eigenvalue weighted by atomic mass is 10.1. The highest BCUT2D eigenvalue weighted by Crippen LogP contribution is 2.19. The zero-order chi connectivity index (χ0) is 13.0. The molecule has 0 radical (unpaired) electrons. The molecule has 2 rings (SSSR count). The van der Waals surface area contributed by atoms with E-state index >= 15 is 0 Å². The molecule has 0 bridgehead atoms. The molecule has 0 aliphatic heterocycles. The number of hydrogen-bond acceptors (Lipinski definition) is 3. The second-order valence-corrected chi connectivity index (χ2v) is 3.88. The molecule has 0 saturated carbocycles. The van der Waals surface area contributed by atoms with E-state index < -0.39 is 11.9 Å². The van der Waals surface area contributed by atoms with E-state index in [9.17, 15) is 9.50 Å². The number of phenolic OH excluding ortho intramolecular Hbond substituents is 1. The lowest BCUT2D eigenvalue weighted by molar-refractivity contribution is 0.108. The summed E-state index contributed by atoms with van der Waals surface area (Å²) in [5.41, 5.74) is 0.466. The molecule has 2 aromatic rings. The van der Waals surface area contributed by atoms with Crippen molar-refractivity contribution in [3.63, 3.8) is 0 Å². The van der Waals surface area contributed by atoms with Crippen LogP contribution >= 0.6 is 0 Å². The molecule has 4 heteroatoms. The number of hydrogen-bond donors (Lipinski definition) is 2. The van der Waals surface area contributed by atoms with E-state index in [0.717, 1.165) is 0 Å². The van der Waals surface area contributed by atoms with E-state index in [0.29, 0.717) is 11.3 Å². The maximum Gasteiger partial charge on any atom is 0.123 e. The molecule has 0 fully saturated rings. The van der Waals surface area contributed by atoms with E-state index in [2.05, 4.69) is 0 Å².